The first kappa shape index (κ1) is 13.9. The Morgan fingerprint density at radius 2 is 1.76 bits per heavy atom. The fraction of sp³-hybridized carbons (Fsp3) is 0.500. The lowest BCUT2D eigenvalue weighted by Crippen LogP contribution is -2.35. The smallest absolute Gasteiger partial charge is 0.314 e. The van der Waals surface area contributed by atoms with Crippen LogP contribution in [0.5, 0.6) is 0 Å². The van der Waals surface area contributed by atoms with Crippen LogP contribution in [0.2, 0.25) is 0 Å². The topological polar surface area (TPSA) is 77.8 Å². The number of aromatic nitrogens is 2. The van der Waals surface area contributed by atoms with Crippen molar-refractivity contribution in [2.45, 2.75) is 39.2 Å². The van der Waals surface area contributed by atoms with Crippen LogP contribution in [0.15, 0.2) is 27.8 Å². The van der Waals surface area contributed by atoms with Gasteiger partial charge in [0.25, 0.3) is 0 Å². The normalized spacial score (nSPS) is 25.9. The minimum Gasteiger partial charge on any atom is -0.382 e. The second kappa shape index (κ2) is 5.39. The Labute approximate surface area is 122 Å². The van der Waals surface area contributed by atoms with Gasteiger partial charge < -0.3 is 15.3 Å². The molecule has 0 amide bonds. The van der Waals surface area contributed by atoms with Gasteiger partial charge in [-0.15, -0.1) is 0 Å². The molecule has 5 nitrogen and oxygen atoms in total. The van der Waals surface area contributed by atoms with Crippen molar-refractivity contribution in [1.82, 2.24) is 9.97 Å². The summed E-state index contributed by atoms with van der Waals surface area (Å²) in [5.41, 5.74) is 1.06. The summed E-state index contributed by atoms with van der Waals surface area (Å²) < 4.78 is 0. The summed E-state index contributed by atoms with van der Waals surface area (Å²) in [4.78, 5) is 27.9. The van der Waals surface area contributed by atoms with E-state index in [1.165, 1.54) is 19.3 Å². The number of nitrogens with one attached hydrogen (secondary N) is 3. The van der Waals surface area contributed by atoms with E-state index in [2.05, 4.69) is 29.1 Å². The number of rotatable bonds is 2. The molecule has 3 N–H and O–H groups in total. The van der Waals surface area contributed by atoms with E-state index in [9.17, 15) is 9.59 Å². The molecule has 1 aliphatic rings. The SMILES string of the molecule is CC1CCCC(Nc2ccc3[nH]c(=O)c(=O)[nH]c3c2)C1C. The summed E-state index contributed by atoms with van der Waals surface area (Å²) in [6.45, 7) is 4.60. The van der Waals surface area contributed by atoms with Gasteiger partial charge in [-0.05, 0) is 36.5 Å². The van der Waals surface area contributed by atoms with Gasteiger partial charge in [0.2, 0.25) is 0 Å². The van der Waals surface area contributed by atoms with E-state index in [1.54, 1.807) is 0 Å². The lowest BCUT2D eigenvalue weighted by Gasteiger charge is -2.35. The van der Waals surface area contributed by atoms with Crippen LogP contribution in [0.4, 0.5) is 5.69 Å². The highest BCUT2D eigenvalue weighted by atomic mass is 16.2. The highest BCUT2D eigenvalue weighted by molar-refractivity contribution is 5.78. The average molecular weight is 287 g/mol. The second-order valence-electron chi connectivity index (χ2n) is 6.19. The largest absolute Gasteiger partial charge is 0.382 e. The number of hydrogen-bond donors (Lipinski definition) is 3. The van der Waals surface area contributed by atoms with Gasteiger partial charge in [-0.3, -0.25) is 9.59 Å². The molecular formula is C16H21N3O2. The first-order valence-electron chi connectivity index (χ1n) is 7.57. The van der Waals surface area contributed by atoms with E-state index < -0.39 is 11.1 Å². The van der Waals surface area contributed by atoms with E-state index in [0.717, 1.165) is 11.6 Å². The van der Waals surface area contributed by atoms with E-state index in [-0.39, 0.29) is 0 Å². The molecule has 112 valence electrons. The van der Waals surface area contributed by atoms with Crippen molar-refractivity contribution in [2.24, 2.45) is 11.8 Å². The molecule has 1 heterocycles. The molecule has 1 saturated carbocycles. The fourth-order valence-electron chi connectivity index (χ4n) is 3.20. The first-order chi connectivity index (χ1) is 10.0. The molecule has 3 atom stereocenters. The lowest BCUT2D eigenvalue weighted by atomic mass is 9.78. The van der Waals surface area contributed by atoms with E-state index in [1.807, 2.05) is 18.2 Å². The summed E-state index contributed by atoms with van der Waals surface area (Å²) in [5.74, 6) is 1.36. The van der Waals surface area contributed by atoms with Crippen molar-refractivity contribution in [3.05, 3.63) is 38.9 Å². The minimum atomic E-state index is -0.613. The molecule has 0 radical (unpaired) electrons. The third kappa shape index (κ3) is 2.73. The van der Waals surface area contributed by atoms with Crippen LogP contribution in [0, 0.1) is 11.8 Å². The summed E-state index contributed by atoms with van der Waals surface area (Å²) in [5, 5.41) is 3.57. The Balaban J connectivity index is 1.89. The summed E-state index contributed by atoms with van der Waals surface area (Å²) in [6.07, 6.45) is 3.72. The number of anilines is 1. The molecular weight excluding hydrogens is 266 g/mol. The van der Waals surface area contributed by atoms with Gasteiger partial charge in [-0.25, -0.2) is 0 Å². The molecule has 3 unspecified atom stereocenters. The van der Waals surface area contributed by atoms with Crippen molar-refractivity contribution in [3.63, 3.8) is 0 Å². The van der Waals surface area contributed by atoms with Crippen LogP contribution >= 0.6 is 0 Å². The van der Waals surface area contributed by atoms with Crippen LogP contribution in [0.25, 0.3) is 11.0 Å². The van der Waals surface area contributed by atoms with Gasteiger partial charge >= 0.3 is 11.1 Å². The highest BCUT2D eigenvalue weighted by Gasteiger charge is 2.26. The molecule has 21 heavy (non-hydrogen) atoms. The Hall–Kier alpha value is -2.04. The quantitative estimate of drug-likeness (QED) is 0.742. The zero-order chi connectivity index (χ0) is 15.0. The van der Waals surface area contributed by atoms with Crippen LogP contribution in [0.3, 0.4) is 0 Å². The molecule has 2 aromatic rings. The predicted octanol–water partition coefficient (Wildman–Crippen LogP) is 2.45. The standard InChI is InChI=1S/C16H21N3O2/c1-9-4-3-5-12(10(9)2)17-11-6-7-13-14(8-11)19-16(21)15(20)18-13/h6-10,12,17H,3-5H2,1-2H3,(H,18,20)(H,19,21). The van der Waals surface area contributed by atoms with E-state index in [4.69, 9.17) is 0 Å². The third-order valence-electron chi connectivity index (χ3n) is 4.78. The van der Waals surface area contributed by atoms with Gasteiger partial charge in [0.1, 0.15) is 0 Å². The van der Waals surface area contributed by atoms with Gasteiger partial charge in [-0.2, -0.15) is 0 Å². The van der Waals surface area contributed by atoms with Crippen LogP contribution in [0.1, 0.15) is 33.1 Å². The average Bonchev–Trinajstić information content (AvgIpc) is 2.45. The maximum absolute atomic E-state index is 11.4. The molecule has 0 aliphatic heterocycles. The molecule has 3 rings (SSSR count). The molecule has 1 aromatic carbocycles. The number of H-pyrrole nitrogens is 2. The van der Waals surface area contributed by atoms with Crippen LogP contribution in [-0.4, -0.2) is 16.0 Å². The third-order valence-corrected chi connectivity index (χ3v) is 4.78. The monoisotopic (exact) mass is 287 g/mol. The molecule has 1 aromatic heterocycles. The van der Waals surface area contributed by atoms with Gasteiger partial charge in [0, 0.05) is 11.7 Å². The van der Waals surface area contributed by atoms with Crippen molar-refractivity contribution in [3.8, 4) is 0 Å². The van der Waals surface area contributed by atoms with Gasteiger partial charge in [0.15, 0.2) is 0 Å². The Morgan fingerprint density at radius 3 is 2.52 bits per heavy atom. The number of hydrogen-bond acceptors (Lipinski definition) is 3. The zero-order valence-corrected chi connectivity index (χ0v) is 12.4. The molecule has 0 saturated heterocycles. The first-order valence-corrected chi connectivity index (χ1v) is 7.57. The van der Waals surface area contributed by atoms with Crippen LogP contribution in [-0.2, 0) is 0 Å². The van der Waals surface area contributed by atoms with Gasteiger partial charge in [0.05, 0.1) is 11.0 Å². The van der Waals surface area contributed by atoms with Crippen molar-refractivity contribution in [2.75, 3.05) is 5.32 Å². The Morgan fingerprint density at radius 1 is 1.05 bits per heavy atom. The number of aromatic amines is 2. The fourth-order valence-corrected chi connectivity index (χ4v) is 3.20. The Kier molecular flexibility index (Phi) is 3.57. The van der Waals surface area contributed by atoms with Crippen molar-refractivity contribution in [1.29, 1.82) is 0 Å². The second-order valence-corrected chi connectivity index (χ2v) is 6.19. The number of benzene rings is 1. The lowest BCUT2D eigenvalue weighted by molar-refractivity contribution is 0.253. The minimum absolute atomic E-state index is 0.459. The van der Waals surface area contributed by atoms with Crippen molar-refractivity contribution >= 4 is 16.7 Å². The molecule has 0 bridgehead atoms. The summed E-state index contributed by atoms with van der Waals surface area (Å²) in [6, 6.07) is 6.12. The van der Waals surface area contributed by atoms with Crippen molar-refractivity contribution < 1.29 is 0 Å². The predicted molar refractivity (Wildman–Crippen MR) is 84.8 cm³/mol. The molecule has 0 spiro atoms. The highest BCUT2D eigenvalue weighted by Crippen LogP contribution is 2.31. The van der Waals surface area contributed by atoms with E-state index in [0.29, 0.717) is 23.0 Å². The Bertz CT molecular complexity index is 762. The molecule has 1 fully saturated rings. The van der Waals surface area contributed by atoms with E-state index >= 15 is 0 Å². The van der Waals surface area contributed by atoms with Crippen LogP contribution < -0.4 is 16.4 Å². The summed E-state index contributed by atoms with van der Waals surface area (Å²) in [7, 11) is 0. The number of fused-ring (bicyclic) bond motifs is 1. The zero-order valence-electron chi connectivity index (χ0n) is 12.4. The maximum Gasteiger partial charge on any atom is 0.314 e. The summed E-state index contributed by atoms with van der Waals surface area (Å²) >= 11 is 0. The molecule has 1 aliphatic carbocycles. The molecule has 5 heteroatoms. The van der Waals surface area contributed by atoms with Gasteiger partial charge in [-0.1, -0.05) is 26.7 Å². The maximum atomic E-state index is 11.4.